The summed E-state index contributed by atoms with van der Waals surface area (Å²) in [5, 5.41) is 7.64. The molecule has 1 atom stereocenters. The maximum absolute atomic E-state index is 12.5. The van der Waals surface area contributed by atoms with Crippen LogP contribution in [0.1, 0.15) is 37.8 Å². The number of aromatic nitrogens is 3. The van der Waals surface area contributed by atoms with Crippen molar-refractivity contribution >= 4 is 11.8 Å². The summed E-state index contributed by atoms with van der Waals surface area (Å²) >= 11 is 0. The SMILES string of the molecule is C=CC(=O)N1CCC(C(=O)NC2CCc3nc(CC)nn3C2)CC1. The first-order chi connectivity index (χ1) is 11.6. The first kappa shape index (κ1) is 16.7. The number of rotatable bonds is 4. The summed E-state index contributed by atoms with van der Waals surface area (Å²) in [6.45, 7) is 7.50. The van der Waals surface area contributed by atoms with Crippen LogP contribution in [0.25, 0.3) is 0 Å². The Bertz CT molecular complexity index is 631. The number of carbonyl (C=O) groups is 2. The van der Waals surface area contributed by atoms with Crippen molar-refractivity contribution in [3.8, 4) is 0 Å². The van der Waals surface area contributed by atoms with Gasteiger partial charge in [-0.3, -0.25) is 9.59 Å². The fourth-order valence-corrected chi connectivity index (χ4v) is 3.44. The highest BCUT2D eigenvalue weighted by Crippen LogP contribution is 2.19. The lowest BCUT2D eigenvalue weighted by Crippen LogP contribution is -2.47. The maximum atomic E-state index is 12.5. The summed E-state index contributed by atoms with van der Waals surface area (Å²) in [6.07, 6.45) is 5.35. The molecule has 0 bridgehead atoms. The Balaban J connectivity index is 1.51. The molecule has 1 fully saturated rings. The Morgan fingerprint density at radius 1 is 1.33 bits per heavy atom. The van der Waals surface area contributed by atoms with Gasteiger partial charge >= 0.3 is 0 Å². The number of aryl methyl sites for hydroxylation is 2. The van der Waals surface area contributed by atoms with Crippen molar-refractivity contribution in [1.29, 1.82) is 0 Å². The molecule has 1 unspecified atom stereocenters. The molecular formula is C17H25N5O2. The van der Waals surface area contributed by atoms with Crippen molar-refractivity contribution in [2.24, 2.45) is 5.92 Å². The molecular weight excluding hydrogens is 306 g/mol. The van der Waals surface area contributed by atoms with Gasteiger partial charge in [0.25, 0.3) is 0 Å². The van der Waals surface area contributed by atoms with Crippen LogP contribution in [0.15, 0.2) is 12.7 Å². The summed E-state index contributed by atoms with van der Waals surface area (Å²) in [5.74, 6) is 1.93. The third kappa shape index (κ3) is 3.49. The minimum Gasteiger partial charge on any atom is -0.351 e. The lowest BCUT2D eigenvalue weighted by Gasteiger charge is -2.32. The smallest absolute Gasteiger partial charge is 0.245 e. The first-order valence-electron chi connectivity index (χ1n) is 8.75. The van der Waals surface area contributed by atoms with Crippen LogP contribution >= 0.6 is 0 Å². The Kier molecular flexibility index (Phi) is 4.97. The molecule has 1 saturated heterocycles. The molecule has 130 valence electrons. The van der Waals surface area contributed by atoms with Crippen LogP contribution in [0, 0.1) is 5.92 Å². The first-order valence-corrected chi connectivity index (χ1v) is 8.75. The molecule has 24 heavy (non-hydrogen) atoms. The van der Waals surface area contributed by atoms with E-state index in [1.54, 1.807) is 4.90 Å². The zero-order valence-electron chi connectivity index (χ0n) is 14.2. The van der Waals surface area contributed by atoms with Crippen LogP contribution in [0.5, 0.6) is 0 Å². The number of hydrogen-bond donors (Lipinski definition) is 1. The number of likely N-dealkylation sites (tertiary alicyclic amines) is 1. The average molecular weight is 331 g/mol. The number of fused-ring (bicyclic) bond motifs is 1. The van der Waals surface area contributed by atoms with Crippen molar-refractivity contribution in [2.75, 3.05) is 13.1 Å². The second-order valence-corrected chi connectivity index (χ2v) is 6.53. The summed E-state index contributed by atoms with van der Waals surface area (Å²) in [5.41, 5.74) is 0. The molecule has 2 aliphatic heterocycles. The second kappa shape index (κ2) is 7.15. The van der Waals surface area contributed by atoms with E-state index < -0.39 is 0 Å². The van der Waals surface area contributed by atoms with Gasteiger partial charge < -0.3 is 10.2 Å². The van der Waals surface area contributed by atoms with Gasteiger partial charge in [-0.1, -0.05) is 13.5 Å². The standard InChI is InChI=1S/C17H25N5O2/c1-3-14-19-15-6-5-13(11-22(15)20-14)18-17(24)12-7-9-21(10-8-12)16(23)4-2/h4,12-13H,2-3,5-11H2,1H3,(H,18,24). The number of piperidine rings is 1. The highest BCUT2D eigenvalue weighted by molar-refractivity contribution is 5.87. The molecule has 1 aromatic heterocycles. The minimum absolute atomic E-state index is 0.0118. The van der Waals surface area contributed by atoms with Crippen molar-refractivity contribution in [3.63, 3.8) is 0 Å². The fraction of sp³-hybridized carbons (Fsp3) is 0.647. The highest BCUT2D eigenvalue weighted by atomic mass is 16.2. The van der Waals surface area contributed by atoms with E-state index in [2.05, 4.69) is 22.0 Å². The summed E-state index contributed by atoms with van der Waals surface area (Å²) in [7, 11) is 0. The molecule has 0 saturated carbocycles. The molecule has 2 aliphatic rings. The number of hydrogen-bond acceptors (Lipinski definition) is 4. The van der Waals surface area contributed by atoms with E-state index in [1.165, 1.54) is 6.08 Å². The van der Waals surface area contributed by atoms with E-state index in [9.17, 15) is 9.59 Å². The van der Waals surface area contributed by atoms with Gasteiger partial charge in [-0.25, -0.2) is 9.67 Å². The average Bonchev–Trinajstić information content (AvgIpc) is 3.03. The van der Waals surface area contributed by atoms with Gasteiger partial charge in [0.05, 0.1) is 6.54 Å². The molecule has 0 aliphatic carbocycles. The van der Waals surface area contributed by atoms with E-state index in [1.807, 2.05) is 11.6 Å². The van der Waals surface area contributed by atoms with Gasteiger partial charge in [-0.05, 0) is 25.3 Å². The second-order valence-electron chi connectivity index (χ2n) is 6.53. The fourth-order valence-electron chi connectivity index (χ4n) is 3.44. The van der Waals surface area contributed by atoms with Crippen LogP contribution in [0.2, 0.25) is 0 Å². The Labute approximate surface area is 142 Å². The molecule has 0 spiro atoms. The molecule has 1 N–H and O–H groups in total. The van der Waals surface area contributed by atoms with Crippen LogP contribution in [-0.4, -0.2) is 50.6 Å². The van der Waals surface area contributed by atoms with Crippen molar-refractivity contribution in [1.82, 2.24) is 25.0 Å². The Morgan fingerprint density at radius 3 is 2.75 bits per heavy atom. The number of carbonyl (C=O) groups excluding carboxylic acids is 2. The molecule has 2 amide bonds. The molecule has 3 heterocycles. The summed E-state index contributed by atoms with van der Waals surface area (Å²) in [4.78, 5) is 30.4. The van der Waals surface area contributed by atoms with E-state index in [0.29, 0.717) is 32.5 Å². The normalized spacial score (nSPS) is 21.2. The monoisotopic (exact) mass is 331 g/mol. The number of nitrogens with zero attached hydrogens (tertiary/aromatic N) is 4. The molecule has 7 nitrogen and oxygen atoms in total. The Hall–Kier alpha value is -2.18. The maximum Gasteiger partial charge on any atom is 0.245 e. The summed E-state index contributed by atoms with van der Waals surface area (Å²) in [6, 6.07) is 0.115. The van der Waals surface area contributed by atoms with Crippen LogP contribution in [0.3, 0.4) is 0 Å². The van der Waals surface area contributed by atoms with Crippen molar-refractivity contribution < 1.29 is 9.59 Å². The van der Waals surface area contributed by atoms with Gasteiger partial charge in [-0.2, -0.15) is 5.10 Å². The molecule has 3 rings (SSSR count). The lowest BCUT2D eigenvalue weighted by atomic mass is 9.95. The van der Waals surface area contributed by atoms with Crippen LogP contribution in [0.4, 0.5) is 0 Å². The van der Waals surface area contributed by atoms with Gasteiger partial charge in [-0.15, -0.1) is 0 Å². The molecule has 0 radical (unpaired) electrons. The molecule has 0 aromatic carbocycles. The third-order valence-corrected chi connectivity index (χ3v) is 4.92. The van der Waals surface area contributed by atoms with Gasteiger partial charge in [0.1, 0.15) is 5.82 Å². The largest absolute Gasteiger partial charge is 0.351 e. The van der Waals surface area contributed by atoms with E-state index in [-0.39, 0.29) is 23.8 Å². The van der Waals surface area contributed by atoms with Crippen molar-refractivity contribution in [2.45, 2.75) is 51.6 Å². The van der Waals surface area contributed by atoms with Gasteiger partial charge in [0, 0.05) is 37.9 Å². The lowest BCUT2D eigenvalue weighted by molar-refractivity contribution is -0.132. The summed E-state index contributed by atoms with van der Waals surface area (Å²) < 4.78 is 1.93. The highest BCUT2D eigenvalue weighted by Gasteiger charge is 2.29. The minimum atomic E-state index is -0.0495. The van der Waals surface area contributed by atoms with Crippen LogP contribution in [-0.2, 0) is 29.0 Å². The van der Waals surface area contributed by atoms with E-state index >= 15 is 0 Å². The molecule has 1 aromatic rings. The van der Waals surface area contributed by atoms with Gasteiger partial charge in [0.2, 0.25) is 11.8 Å². The zero-order valence-corrected chi connectivity index (χ0v) is 14.2. The predicted molar refractivity (Wildman–Crippen MR) is 89.2 cm³/mol. The van der Waals surface area contributed by atoms with E-state index in [0.717, 1.165) is 30.9 Å². The van der Waals surface area contributed by atoms with Crippen molar-refractivity contribution in [3.05, 3.63) is 24.3 Å². The zero-order chi connectivity index (χ0) is 17.1. The van der Waals surface area contributed by atoms with Crippen LogP contribution < -0.4 is 5.32 Å². The quantitative estimate of drug-likeness (QED) is 0.824. The predicted octanol–water partition coefficient (Wildman–Crippen LogP) is 0.696. The number of nitrogens with one attached hydrogen (secondary N) is 1. The Morgan fingerprint density at radius 2 is 2.08 bits per heavy atom. The van der Waals surface area contributed by atoms with Gasteiger partial charge in [0.15, 0.2) is 5.82 Å². The molecule has 7 heteroatoms. The van der Waals surface area contributed by atoms with E-state index in [4.69, 9.17) is 0 Å². The third-order valence-electron chi connectivity index (χ3n) is 4.92. The topological polar surface area (TPSA) is 80.1 Å². The number of amides is 2.